The minimum Gasteiger partial charge on any atom is -0.497 e. The van der Waals surface area contributed by atoms with E-state index in [2.05, 4.69) is 20.2 Å². The second-order valence-electron chi connectivity index (χ2n) is 8.35. The van der Waals surface area contributed by atoms with Crippen molar-refractivity contribution in [2.45, 2.75) is 44.1 Å². The molecule has 178 valence electrons. The molecule has 0 radical (unpaired) electrons. The maximum atomic E-state index is 13.7. The van der Waals surface area contributed by atoms with Gasteiger partial charge in [-0.05, 0) is 37.8 Å². The molecular formula is C22H21F3N6O3. The van der Waals surface area contributed by atoms with Crippen LogP contribution < -0.4 is 9.47 Å². The average Bonchev–Trinajstić information content (AvgIpc) is 3.55. The molecule has 1 aliphatic carbocycles. The monoisotopic (exact) mass is 474 g/mol. The van der Waals surface area contributed by atoms with E-state index in [1.165, 1.54) is 24.3 Å². The van der Waals surface area contributed by atoms with Crippen LogP contribution >= 0.6 is 0 Å². The summed E-state index contributed by atoms with van der Waals surface area (Å²) in [7, 11) is 1.53. The summed E-state index contributed by atoms with van der Waals surface area (Å²) in [6, 6.07) is 4.78. The number of likely N-dealkylation sites (tertiary alicyclic amines) is 1. The second-order valence-corrected chi connectivity index (χ2v) is 8.35. The molecule has 2 aromatic heterocycles. The molecule has 0 N–H and O–H groups in total. The van der Waals surface area contributed by atoms with Crippen LogP contribution in [0.3, 0.4) is 0 Å². The summed E-state index contributed by atoms with van der Waals surface area (Å²) in [6.45, 7) is 1.99. The van der Waals surface area contributed by atoms with E-state index in [-0.39, 0.29) is 29.8 Å². The largest absolute Gasteiger partial charge is 0.497 e. The summed E-state index contributed by atoms with van der Waals surface area (Å²) in [4.78, 5) is 24.0. The number of methoxy groups -OCH3 is 1. The van der Waals surface area contributed by atoms with Gasteiger partial charge in [0.25, 0.3) is 5.91 Å². The number of benzene rings is 1. The lowest BCUT2D eigenvalue weighted by Gasteiger charge is -2.38. The van der Waals surface area contributed by atoms with Gasteiger partial charge in [-0.25, -0.2) is 9.97 Å². The van der Waals surface area contributed by atoms with Crippen molar-refractivity contribution in [2.24, 2.45) is 5.92 Å². The zero-order chi connectivity index (χ0) is 24.0. The number of alkyl halides is 3. The van der Waals surface area contributed by atoms with Gasteiger partial charge in [0.15, 0.2) is 5.69 Å². The fourth-order valence-corrected chi connectivity index (χ4v) is 4.83. The molecule has 9 nitrogen and oxygen atoms in total. The first-order valence-corrected chi connectivity index (χ1v) is 10.7. The smallest absolute Gasteiger partial charge is 0.434 e. The number of rotatable bonds is 5. The number of piperidine rings is 1. The molecule has 3 heterocycles. The Hall–Kier alpha value is -3.70. The van der Waals surface area contributed by atoms with Crippen LogP contribution in [0.1, 0.15) is 35.8 Å². The minimum absolute atomic E-state index is 0.00326. The minimum atomic E-state index is -4.57. The van der Waals surface area contributed by atoms with E-state index in [1.54, 1.807) is 23.1 Å². The Bertz CT molecular complexity index is 1190. The van der Waals surface area contributed by atoms with Crippen LogP contribution in [-0.2, 0) is 6.18 Å². The van der Waals surface area contributed by atoms with E-state index in [4.69, 9.17) is 9.47 Å². The zero-order valence-corrected chi connectivity index (χ0v) is 18.3. The van der Waals surface area contributed by atoms with Crippen molar-refractivity contribution in [2.75, 3.05) is 7.11 Å². The van der Waals surface area contributed by atoms with Crippen molar-refractivity contribution in [3.8, 4) is 17.3 Å². The van der Waals surface area contributed by atoms with Gasteiger partial charge in [0.05, 0.1) is 43.5 Å². The molecule has 34 heavy (non-hydrogen) atoms. The molecule has 3 aromatic rings. The molecule has 0 spiro atoms. The molecule has 1 aliphatic heterocycles. The number of carbonyl (C=O) groups is 1. The Kier molecular flexibility index (Phi) is 5.37. The van der Waals surface area contributed by atoms with Gasteiger partial charge in [0.2, 0.25) is 5.88 Å². The van der Waals surface area contributed by atoms with Gasteiger partial charge in [-0.3, -0.25) is 4.79 Å². The highest BCUT2D eigenvalue weighted by molar-refractivity contribution is 5.98. The lowest BCUT2D eigenvalue weighted by atomic mass is 9.98. The van der Waals surface area contributed by atoms with Crippen molar-refractivity contribution in [3.05, 3.63) is 54.2 Å². The number of halogens is 3. The van der Waals surface area contributed by atoms with Crippen LogP contribution in [0.25, 0.3) is 5.69 Å². The van der Waals surface area contributed by atoms with Crippen LogP contribution in [-0.4, -0.2) is 61.1 Å². The number of hydrogen-bond acceptors (Lipinski definition) is 7. The van der Waals surface area contributed by atoms with Gasteiger partial charge in [0, 0.05) is 12.1 Å². The molecule has 0 unspecified atom stereocenters. The third-order valence-electron chi connectivity index (χ3n) is 6.48. The van der Waals surface area contributed by atoms with E-state index in [9.17, 15) is 18.0 Å². The van der Waals surface area contributed by atoms with Gasteiger partial charge >= 0.3 is 6.18 Å². The lowest BCUT2D eigenvalue weighted by molar-refractivity contribution is -0.141. The predicted molar refractivity (Wildman–Crippen MR) is 112 cm³/mol. The number of nitrogens with zero attached hydrogens (tertiary/aromatic N) is 6. The van der Waals surface area contributed by atoms with Gasteiger partial charge in [-0.1, -0.05) is 0 Å². The van der Waals surface area contributed by atoms with Crippen LogP contribution in [0, 0.1) is 5.92 Å². The fourth-order valence-electron chi connectivity index (χ4n) is 4.83. The number of ether oxygens (including phenoxy) is 2. The van der Waals surface area contributed by atoms with E-state index in [0.717, 1.165) is 12.6 Å². The highest BCUT2D eigenvalue weighted by Gasteiger charge is 2.53. The Morgan fingerprint density at radius 3 is 2.50 bits per heavy atom. The number of hydrogen-bond donors (Lipinski definition) is 0. The van der Waals surface area contributed by atoms with Crippen LogP contribution in [0.5, 0.6) is 11.6 Å². The molecule has 2 aliphatic rings. The van der Waals surface area contributed by atoms with Crippen molar-refractivity contribution in [1.29, 1.82) is 0 Å². The van der Waals surface area contributed by atoms with Crippen LogP contribution in [0.15, 0.2) is 43.0 Å². The van der Waals surface area contributed by atoms with Crippen molar-refractivity contribution < 1.29 is 27.4 Å². The maximum Gasteiger partial charge on any atom is 0.434 e. The van der Waals surface area contributed by atoms with Gasteiger partial charge in [0.1, 0.15) is 17.5 Å². The highest BCUT2D eigenvalue weighted by Crippen LogP contribution is 2.45. The third-order valence-corrected chi connectivity index (χ3v) is 6.48. The van der Waals surface area contributed by atoms with Crippen molar-refractivity contribution in [3.63, 3.8) is 0 Å². The Balaban J connectivity index is 1.40. The molecule has 4 atom stereocenters. The van der Waals surface area contributed by atoms with Crippen LogP contribution in [0.2, 0.25) is 0 Å². The normalized spacial score (nSPS) is 23.9. The molecule has 1 aromatic carbocycles. The van der Waals surface area contributed by atoms with Gasteiger partial charge in [-0.2, -0.15) is 28.2 Å². The molecule has 1 saturated heterocycles. The molecule has 2 fully saturated rings. The van der Waals surface area contributed by atoms with E-state index in [0.29, 0.717) is 29.6 Å². The van der Waals surface area contributed by atoms with Gasteiger partial charge in [-0.15, -0.1) is 0 Å². The summed E-state index contributed by atoms with van der Waals surface area (Å²) in [6.07, 6.45) is 1.08. The molecule has 5 rings (SSSR count). The Labute approximate surface area is 192 Å². The second kappa shape index (κ2) is 8.26. The summed E-state index contributed by atoms with van der Waals surface area (Å²) < 4.78 is 49.5. The molecule has 1 amide bonds. The molecule has 2 bridgehead atoms. The number of aromatic nitrogens is 5. The maximum absolute atomic E-state index is 13.7. The van der Waals surface area contributed by atoms with E-state index in [1.807, 2.05) is 6.92 Å². The zero-order valence-electron chi connectivity index (χ0n) is 18.3. The molecular weight excluding hydrogens is 453 g/mol. The first kappa shape index (κ1) is 22.1. The standard InChI is InChI=1S/C22H21F3N6O3/c1-12-13-7-17(18(8-13)34-20-11-26-19(10-27-20)22(23,24)25)30(12)21(32)15-4-3-14(33-2)9-16(15)31-28-5-6-29-31/h3-6,9-13,17-18H,7-8H2,1-2H3/t12-,13-,17+,18-/m1/s1. The quantitative estimate of drug-likeness (QED) is 0.561. The SMILES string of the molecule is COc1ccc(C(=O)N2[C@H](C)[C@H]3C[C@@H](Oc4cnc(C(F)(F)F)cn4)[C@@H]2C3)c(-n2nccn2)c1. The number of carbonyl (C=O) groups excluding carboxylic acids is 1. The first-order valence-electron chi connectivity index (χ1n) is 10.7. The van der Waals surface area contributed by atoms with E-state index >= 15 is 0 Å². The Morgan fingerprint density at radius 1 is 1.12 bits per heavy atom. The topological polar surface area (TPSA) is 95.3 Å². The summed E-state index contributed by atoms with van der Waals surface area (Å²) in [5, 5.41) is 8.31. The Morgan fingerprint density at radius 2 is 1.88 bits per heavy atom. The molecule has 1 saturated carbocycles. The number of fused-ring (bicyclic) bond motifs is 2. The summed E-state index contributed by atoms with van der Waals surface area (Å²) in [5.74, 6) is 0.547. The fraction of sp³-hybridized carbons (Fsp3) is 0.409. The molecule has 12 heteroatoms. The average molecular weight is 474 g/mol. The first-order chi connectivity index (χ1) is 16.3. The van der Waals surface area contributed by atoms with Crippen molar-refractivity contribution >= 4 is 5.91 Å². The number of amides is 1. The van der Waals surface area contributed by atoms with E-state index < -0.39 is 18.0 Å². The summed E-state index contributed by atoms with van der Waals surface area (Å²) >= 11 is 0. The van der Waals surface area contributed by atoms with Crippen molar-refractivity contribution in [1.82, 2.24) is 29.9 Å². The summed E-state index contributed by atoms with van der Waals surface area (Å²) in [5.41, 5.74) is -0.197. The lowest BCUT2D eigenvalue weighted by Crippen LogP contribution is -2.51. The highest BCUT2D eigenvalue weighted by atomic mass is 19.4. The predicted octanol–water partition coefficient (Wildman–Crippen LogP) is 3.16. The third kappa shape index (κ3) is 3.82. The van der Waals surface area contributed by atoms with Crippen LogP contribution in [0.4, 0.5) is 13.2 Å². The van der Waals surface area contributed by atoms with Gasteiger partial charge < -0.3 is 14.4 Å².